The van der Waals surface area contributed by atoms with Crippen molar-refractivity contribution in [3.63, 3.8) is 0 Å². The van der Waals surface area contributed by atoms with Crippen molar-refractivity contribution in [3.8, 4) is 0 Å². The van der Waals surface area contributed by atoms with Gasteiger partial charge in [-0.1, -0.05) is 23.7 Å². The zero-order chi connectivity index (χ0) is 23.0. The summed E-state index contributed by atoms with van der Waals surface area (Å²) in [5.41, 5.74) is 9.12. The molecule has 1 aromatic heterocycles. The molecule has 2 N–H and O–H groups in total. The first-order valence-corrected chi connectivity index (χ1v) is 11.3. The van der Waals surface area contributed by atoms with E-state index in [-0.39, 0.29) is 24.3 Å². The number of halogens is 1. The predicted molar refractivity (Wildman–Crippen MR) is 126 cm³/mol. The van der Waals surface area contributed by atoms with Gasteiger partial charge in [0.15, 0.2) is 0 Å². The Hall–Kier alpha value is -2.64. The molecule has 0 radical (unpaired) electrons. The van der Waals surface area contributed by atoms with Crippen LogP contribution in [0.3, 0.4) is 0 Å². The lowest BCUT2D eigenvalue weighted by Crippen LogP contribution is -2.36. The van der Waals surface area contributed by atoms with Gasteiger partial charge in [0.1, 0.15) is 0 Å². The number of benzene rings is 1. The quantitative estimate of drug-likeness (QED) is 0.724. The number of carbonyl (C=O) groups is 2. The Morgan fingerprint density at radius 1 is 1.19 bits per heavy atom. The lowest BCUT2D eigenvalue weighted by Gasteiger charge is -2.30. The van der Waals surface area contributed by atoms with Gasteiger partial charge in [0.25, 0.3) is 5.91 Å². The molecular formula is C24H30ClN5O2. The number of rotatable bonds is 6. The van der Waals surface area contributed by atoms with E-state index < -0.39 is 0 Å². The third-order valence-corrected chi connectivity index (χ3v) is 7.14. The van der Waals surface area contributed by atoms with Crippen molar-refractivity contribution < 1.29 is 9.59 Å². The van der Waals surface area contributed by atoms with E-state index in [4.69, 9.17) is 17.3 Å². The van der Waals surface area contributed by atoms with Gasteiger partial charge in [-0.25, -0.2) is 0 Å². The van der Waals surface area contributed by atoms with E-state index in [9.17, 15) is 9.59 Å². The third-order valence-electron chi connectivity index (χ3n) is 6.73. The van der Waals surface area contributed by atoms with Gasteiger partial charge in [-0.15, -0.1) is 0 Å². The van der Waals surface area contributed by atoms with Crippen molar-refractivity contribution in [1.29, 1.82) is 0 Å². The minimum absolute atomic E-state index is 0.0294. The monoisotopic (exact) mass is 455 g/mol. The first-order valence-electron chi connectivity index (χ1n) is 10.9. The fourth-order valence-electron chi connectivity index (χ4n) is 5.03. The minimum Gasteiger partial charge on any atom is -0.377 e. The molecule has 32 heavy (non-hydrogen) atoms. The number of fused-ring (bicyclic) bond motifs is 1. The molecule has 0 bridgehead atoms. The molecule has 3 atom stereocenters. The van der Waals surface area contributed by atoms with Gasteiger partial charge < -0.3 is 15.5 Å². The molecule has 0 spiro atoms. The number of nitrogens with two attached hydrogens (primary N) is 1. The first-order chi connectivity index (χ1) is 15.2. The van der Waals surface area contributed by atoms with E-state index >= 15 is 0 Å². The third kappa shape index (κ3) is 4.45. The molecule has 1 aromatic carbocycles. The Morgan fingerprint density at radius 2 is 1.88 bits per heavy atom. The van der Waals surface area contributed by atoms with Crippen LogP contribution in [0.5, 0.6) is 0 Å². The largest absolute Gasteiger partial charge is 0.377 e. The van der Waals surface area contributed by atoms with Crippen LogP contribution in [-0.2, 0) is 4.79 Å². The van der Waals surface area contributed by atoms with Crippen molar-refractivity contribution in [1.82, 2.24) is 14.8 Å². The summed E-state index contributed by atoms with van der Waals surface area (Å²) < 4.78 is 0. The Kier molecular flexibility index (Phi) is 6.40. The fourth-order valence-corrected chi connectivity index (χ4v) is 5.22. The maximum Gasteiger partial charge on any atom is 0.257 e. The second-order valence-corrected chi connectivity index (χ2v) is 9.57. The number of aryl methyl sites for hydroxylation is 1. The topological polar surface area (TPSA) is 82.8 Å². The van der Waals surface area contributed by atoms with Gasteiger partial charge in [0.05, 0.1) is 11.3 Å². The number of carbonyl (C=O) groups excluding carboxylic acids is 2. The molecule has 2 amide bonds. The second-order valence-electron chi connectivity index (χ2n) is 9.17. The molecule has 8 heteroatoms. The number of pyridine rings is 1. The number of likely N-dealkylation sites (tertiary alicyclic amines) is 2. The van der Waals surface area contributed by atoms with Crippen molar-refractivity contribution in [2.75, 3.05) is 45.2 Å². The molecule has 2 aliphatic rings. The van der Waals surface area contributed by atoms with Crippen LogP contribution >= 0.6 is 11.6 Å². The molecule has 3 heterocycles. The highest BCUT2D eigenvalue weighted by Crippen LogP contribution is 2.38. The number of hydrogen-bond donors (Lipinski definition) is 1. The van der Waals surface area contributed by atoms with Crippen LogP contribution in [0.1, 0.15) is 33.9 Å². The summed E-state index contributed by atoms with van der Waals surface area (Å²) in [6.07, 6.45) is 3.62. The van der Waals surface area contributed by atoms with Crippen LogP contribution in [0, 0.1) is 18.8 Å². The van der Waals surface area contributed by atoms with Gasteiger partial charge >= 0.3 is 0 Å². The van der Waals surface area contributed by atoms with Gasteiger partial charge in [-0.2, -0.15) is 0 Å². The van der Waals surface area contributed by atoms with E-state index in [1.54, 1.807) is 12.4 Å². The van der Waals surface area contributed by atoms with Crippen LogP contribution < -0.4 is 10.6 Å². The number of amides is 2. The maximum absolute atomic E-state index is 13.2. The summed E-state index contributed by atoms with van der Waals surface area (Å²) in [6, 6.07) is 7.73. The molecule has 0 aliphatic carbocycles. The maximum atomic E-state index is 13.2. The van der Waals surface area contributed by atoms with Crippen molar-refractivity contribution in [2.45, 2.75) is 19.4 Å². The fraction of sp³-hybridized carbons (Fsp3) is 0.458. The van der Waals surface area contributed by atoms with Crippen molar-refractivity contribution in [2.24, 2.45) is 17.6 Å². The Labute approximate surface area is 194 Å². The molecule has 3 unspecified atom stereocenters. The number of primary amides is 1. The van der Waals surface area contributed by atoms with E-state index in [0.717, 1.165) is 29.9 Å². The second kappa shape index (κ2) is 9.08. The summed E-state index contributed by atoms with van der Waals surface area (Å²) in [4.78, 5) is 35.4. The normalized spacial score (nSPS) is 21.4. The standard InChI is InChI=1S/C24H30ClN5O2/c1-15-4-5-16(8-20(15)25)22(9-23(26)31)29-11-17-13-30(14-18(17)12-29)24(32)19-10-27-7-6-21(19)28(2)3/h4-8,10,17-18,22H,9,11-14H2,1-3H3,(H2,26,31). The summed E-state index contributed by atoms with van der Waals surface area (Å²) in [7, 11) is 3.86. The Morgan fingerprint density at radius 3 is 2.47 bits per heavy atom. The molecule has 2 aromatic rings. The van der Waals surface area contributed by atoms with Crippen LogP contribution in [-0.4, -0.2) is 66.9 Å². The highest BCUT2D eigenvalue weighted by molar-refractivity contribution is 6.31. The Bertz CT molecular complexity index is 1010. The van der Waals surface area contributed by atoms with E-state index in [1.165, 1.54) is 0 Å². The SMILES string of the molecule is Cc1ccc(C(CC(N)=O)N2CC3CN(C(=O)c4cnccc4N(C)C)CC3C2)cc1Cl. The average Bonchev–Trinajstić information content (AvgIpc) is 3.32. The lowest BCUT2D eigenvalue weighted by molar-refractivity contribution is -0.119. The number of anilines is 1. The summed E-state index contributed by atoms with van der Waals surface area (Å²) >= 11 is 6.36. The molecule has 2 aliphatic heterocycles. The van der Waals surface area contributed by atoms with Crippen molar-refractivity contribution >= 4 is 29.1 Å². The van der Waals surface area contributed by atoms with Gasteiger partial charge in [-0.3, -0.25) is 19.5 Å². The average molecular weight is 456 g/mol. The highest BCUT2D eigenvalue weighted by Gasteiger charge is 2.44. The zero-order valence-electron chi connectivity index (χ0n) is 18.8. The Balaban J connectivity index is 1.48. The molecule has 2 saturated heterocycles. The molecule has 2 fully saturated rings. The zero-order valence-corrected chi connectivity index (χ0v) is 19.5. The number of nitrogens with zero attached hydrogens (tertiary/aromatic N) is 4. The van der Waals surface area contributed by atoms with Gasteiger partial charge in [-0.05, 0) is 42.0 Å². The van der Waals surface area contributed by atoms with Crippen LogP contribution in [0.2, 0.25) is 5.02 Å². The summed E-state index contributed by atoms with van der Waals surface area (Å²) in [5.74, 6) is 0.444. The van der Waals surface area contributed by atoms with Crippen LogP contribution in [0.4, 0.5) is 5.69 Å². The van der Waals surface area contributed by atoms with E-state index in [0.29, 0.717) is 35.5 Å². The van der Waals surface area contributed by atoms with Gasteiger partial charge in [0.2, 0.25) is 5.91 Å². The van der Waals surface area contributed by atoms with E-state index in [2.05, 4.69) is 9.88 Å². The molecular weight excluding hydrogens is 426 g/mol. The predicted octanol–water partition coefficient (Wildman–Crippen LogP) is 2.73. The van der Waals surface area contributed by atoms with E-state index in [1.807, 2.05) is 55.1 Å². The number of hydrogen-bond acceptors (Lipinski definition) is 5. The van der Waals surface area contributed by atoms with Crippen LogP contribution in [0.25, 0.3) is 0 Å². The van der Waals surface area contributed by atoms with Gasteiger partial charge in [0, 0.05) is 70.2 Å². The molecule has 4 rings (SSSR count). The summed E-state index contributed by atoms with van der Waals surface area (Å²) in [5, 5.41) is 0.696. The summed E-state index contributed by atoms with van der Waals surface area (Å²) in [6.45, 7) is 5.03. The molecule has 7 nitrogen and oxygen atoms in total. The van der Waals surface area contributed by atoms with Crippen molar-refractivity contribution in [3.05, 3.63) is 58.4 Å². The molecule has 0 saturated carbocycles. The number of aromatic nitrogens is 1. The smallest absolute Gasteiger partial charge is 0.257 e. The molecule has 170 valence electrons. The minimum atomic E-state index is -0.326. The highest BCUT2D eigenvalue weighted by atomic mass is 35.5. The first kappa shape index (κ1) is 22.6. The lowest BCUT2D eigenvalue weighted by atomic mass is 10.0. The van der Waals surface area contributed by atoms with Crippen LogP contribution in [0.15, 0.2) is 36.7 Å².